The number of ether oxygens (including phenoxy) is 1. The van der Waals surface area contributed by atoms with Gasteiger partial charge in [0.15, 0.2) is 0 Å². The van der Waals surface area contributed by atoms with Crippen LogP contribution in [0, 0.1) is 5.92 Å². The SMILES string of the molecule is CC1CCCC(CN)(NCC2(C)CCCO2)CC1. The zero-order chi connectivity index (χ0) is 13.1. The summed E-state index contributed by atoms with van der Waals surface area (Å²) in [4.78, 5) is 0. The van der Waals surface area contributed by atoms with Crippen molar-refractivity contribution in [2.24, 2.45) is 11.7 Å². The summed E-state index contributed by atoms with van der Waals surface area (Å²) >= 11 is 0. The second kappa shape index (κ2) is 5.89. The van der Waals surface area contributed by atoms with Gasteiger partial charge in [-0.25, -0.2) is 0 Å². The molecule has 0 spiro atoms. The maximum atomic E-state index is 6.08. The molecule has 1 heterocycles. The smallest absolute Gasteiger partial charge is 0.0779 e. The second-order valence-corrected chi connectivity index (χ2v) is 6.78. The van der Waals surface area contributed by atoms with Crippen LogP contribution in [0.15, 0.2) is 0 Å². The Morgan fingerprint density at radius 2 is 2.06 bits per heavy atom. The monoisotopic (exact) mass is 254 g/mol. The Balaban J connectivity index is 1.90. The molecular formula is C15H30N2O. The van der Waals surface area contributed by atoms with E-state index >= 15 is 0 Å². The fraction of sp³-hybridized carbons (Fsp3) is 1.00. The van der Waals surface area contributed by atoms with Gasteiger partial charge >= 0.3 is 0 Å². The van der Waals surface area contributed by atoms with Gasteiger partial charge in [0.2, 0.25) is 0 Å². The molecule has 1 aliphatic carbocycles. The first-order valence-corrected chi connectivity index (χ1v) is 7.67. The summed E-state index contributed by atoms with van der Waals surface area (Å²) in [5.41, 5.74) is 6.29. The lowest BCUT2D eigenvalue weighted by atomic mass is 9.88. The summed E-state index contributed by atoms with van der Waals surface area (Å²) in [6, 6.07) is 0. The van der Waals surface area contributed by atoms with E-state index in [2.05, 4.69) is 19.2 Å². The van der Waals surface area contributed by atoms with Crippen LogP contribution in [0.25, 0.3) is 0 Å². The maximum absolute atomic E-state index is 6.08. The third-order valence-corrected chi connectivity index (χ3v) is 5.00. The van der Waals surface area contributed by atoms with Crippen molar-refractivity contribution in [3.05, 3.63) is 0 Å². The van der Waals surface area contributed by atoms with Gasteiger partial charge in [0.1, 0.15) is 0 Å². The van der Waals surface area contributed by atoms with Crippen molar-refractivity contribution in [3.8, 4) is 0 Å². The Bertz CT molecular complexity index is 263. The first-order valence-electron chi connectivity index (χ1n) is 7.67. The van der Waals surface area contributed by atoms with Gasteiger partial charge in [-0.05, 0) is 44.9 Å². The number of nitrogens with one attached hydrogen (secondary N) is 1. The van der Waals surface area contributed by atoms with Gasteiger partial charge in [-0.3, -0.25) is 0 Å². The molecule has 0 radical (unpaired) electrons. The average molecular weight is 254 g/mol. The van der Waals surface area contributed by atoms with Crippen molar-refractivity contribution >= 4 is 0 Å². The highest BCUT2D eigenvalue weighted by molar-refractivity contribution is 4.95. The molecule has 1 saturated heterocycles. The molecule has 3 nitrogen and oxygen atoms in total. The van der Waals surface area contributed by atoms with Crippen molar-refractivity contribution < 1.29 is 4.74 Å². The van der Waals surface area contributed by atoms with Gasteiger partial charge in [-0.15, -0.1) is 0 Å². The van der Waals surface area contributed by atoms with E-state index in [1.165, 1.54) is 44.9 Å². The van der Waals surface area contributed by atoms with Crippen LogP contribution < -0.4 is 11.1 Å². The fourth-order valence-corrected chi connectivity index (χ4v) is 3.38. The normalized spacial score (nSPS) is 41.8. The van der Waals surface area contributed by atoms with Crippen LogP contribution in [0.1, 0.15) is 58.8 Å². The number of nitrogens with two attached hydrogens (primary N) is 1. The standard InChI is InChI=1S/C15H30N2O/c1-13-5-3-8-15(11-16,9-6-13)17-12-14(2)7-4-10-18-14/h13,17H,3-12,16H2,1-2H3. The minimum atomic E-state index is 0.0418. The van der Waals surface area contributed by atoms with Crippen molar-refractivity contribution in [3.63, 3.8) is 0 Å². The van der Waals surface area contributed by atoms with Crippen LogP contribution >= 0.6 is 0 Å². The predicted octanol–water partition coefficient (Wildman–Crippen LogP) is 2.44. The van der Waals surface area contributed by atoms with Crippen molar-refractivity contribution in [2.75, 3.05) is 19.7 Å². The van der Waals surface area contributed by atoms with Crippen LogP contribution in [-0.2, 0) is 4.74 Å². The second-order valence-electron chi connectivity index (χ2n) is 6.78. The highest BCUT2D eigenvalue weighted by Gasteiger charge is 2.35. The largest absolute Gasteiger partial charge is 0.374 e. The molecule has 0 amide bonds. The third kappa shape index (κ3) is 3.46. The summed E-state index contributed by atoms with van der Waals surface area (Å²) in [6.07, 6.45) is 8.80. The van der Waals surface area contributed by atoms with E-state index in [0.717, 1.165) is 25.6 Å². The van der Waals surface area contributed by atoms with E-state index in [4.69, 9.17) is 10.5 Å². The van der Waals surface area contributed by atoms with Gasteiger partial charge in [0.05, 0.1) is 5.60 Å². The van der Waals surface area contributed by atoms with E-state index in [1.807, 2.05) is 0 Å². The molecule has 3 heteroatoms. The number of hydrogen-bond donors (Lipinski definition) is 2. The van der Waals surface area contributed by atoms with E-state index < -0.39 is 0 Å². The Morgan fingerprint density at radius 1 is 1.22 bits per heavy atom. The van der Waals surface area contributed by atoms with Gasteiger partial charge in [-0.1, -0.05) is 19.8 Å². The molecule has 0 aromatic rings. The topological polar surface area (TPSA) is 47.3 Å². The Labute approximate surface area is 112 Å². The van der Waals surface area contributed by atoms with Crippen molar-refractivity contribution in [2.45, 2.75) is 69.9 Å². The summed E-state index contributed by atoms with van der Waals surface area (Å²) < 4.78 is 5.87. The van der Waals surface area contributed by atoms with E-state index in [-0.39, 0.29) is 11.1 Å². The molecule has 0 bridgehead atoms. The highest BCUT2D eigenvalue weighted by atomic mass is 16.5. The number of hydrogen-bond acceptors (Lipinski definition) is 3. The molecule has 2 aliphatic rings. The van der Waals surface area contributed by atoms with Crippen molar-refractivity contribution in [1.82, 2.24) is 5.32 Å². The van der Waals surface area contributed by atoms with Crippen molar-refractivity contribution in [1.29, 1.82) is 0 Å². The highest BCUT2D eigenvalue weighted by Crippen LogP contribution is 2.31. The van der Waals surface area contributed by atoms with Gasteiger partial charge in [-0.2, -0.15) is 0 Å². The van der Waals surface area contributed by atoms with Crippen LogP contribution in [0.5, 0.6) is 0 Å². The molecule has 0 aromatic carbocycles. The molecule has 2 rings (SSSR count). The molecule has 3 unspecified atom stereocenters. The van der Waals surface area contributed by atoms with E-state index in [0.29, 0.717) is 0 Å². The Hall–Kier alpha value is -0.120. The van der Waals surface area contributed by atoms with Gasteiger partial charge in [0.25, 0.3) is 0 Å². The lowest BCUT2D eigenvalue weighted by Gasteiger charge is -2.36. The minimum absolute atomic E-state index is 0.0418. The Morgan fingerprint density at radius 3 is 2.72 bits per heavy atom. The average Bonchev–Trinajstić information content (AvgIpc) is 2.70. The Kier molecular flexibility index (Phi) is 4.68. The first-order chi connectivity index (χ1) is 8.58. The molecule has 106 valence electrons. The van der Waals surface area contributed by atoms with Gasteiger partial charge < -0.3 is 15.8 Å². The summed E-state index contributed by atoms with van der Waals surface area (Å²) in [5.74, 6) is 0.860. The predicted molar refractivity (Wildman–Crippen MR) is 75.6 cm³/mol. The third-order valence-electron chi connectivity index (χ3n) is 5.00. The molecule has 1 aliphatic heterocycles. The van der Waals surface area contributed by atoms with Crippen LogP contribution in [-0.4, -0.2) is 30.8 Å². The van der Waals surface area contributed by atoms with Gasteiger partial charge in [0, 0.05) is 25.2 Å². The molecule has 3 N–H and O–H groups in total. The molecule has 3 atom stereocenters. The van der Waals surface area contributed by atoms with E-state index in [9.17, 15) is 0 Å². The van der Waals surface area contributed by atoms with Crippen LogP contribution in [0.2, 0.25) is 0 Å². The summed E-state index contributed by atoms with van der Waals surface area (Å²) in [6.45, 7) is 7.24. The van der Waals surface area contributed by atoms with E-state index in [1.54, 1.807) is 0 Å². The molecule has 18 heavy (non-hydrogen) atoms. The maximum Gasteiger partial charge on any atom is 0.0779 e. The summed E-state index contributed by atoms with van der Waals surface area (Å²) in [7, 11) is 0. The quantitative estimate of drug-likeness (QED) is 0.758. The molecular weight excluding hydrogens is 224 g/mol. The fourth-order valence-electron chi connectivity index (χ4n) is 3.38. The molecule has 2 fully saturated rings. The summed E-state index contributed by atoms with van der Waals surface area (Å²) in [5, 5.41) is 3.78. The molecule has 0 aromatic heterocycles. The zero-order valence-corrected chi connectivity index (χ0v) is 12.1. The lowest BCUT2D eigenvalue weighted by molar-refractivity contribution is 0.0133. The van der Waals surface area contributed by atoms with Crippen LogP contribution in [0.4, 0.5) is 0 Å². The van der Waals surface area contributed by atoms with Crippen LogP contribution in [0.3, 0.4) is 0 Å². The zero-order valence-electron chi connectivity index (χ0n) is 12.1. The number of rotatable bonds is 4. The first kappa shape index (κ1) is 14.3. The minimum Gasteiger partial charge on any atom is -0.374 e. The lowest BCUT2D eigenvalue weighted by Crippen LogP contribution is -2.55. The molecule has 1 saturated carbocycles.